The van der Waals surface area contributed by atoms with Gasteiger partial charge in [0.05, 0.1) is 18.0 Å². The largest absolute Gasteiger partial charge is 0.493 e. The van der Waals surface area contributed by atoms with Crippen molar-refractivity contribution in [1.29, 1.82) is 0 Å². The third-order valence-corrected chi connectivity index (χ3v) is 3.47. The molecule has 5 heteroatoms. The quantitative estimate of drug-likeness (QED) is 0.766. The fraction of sp³-hybridized carbons (Fsp3) is 0.438. The number of hydrogen-bond donors (Lipinski definition) is 0. The van der Waals surface area contributed by atoms with E-state index in [2.05, 4.69) is 24.2 Å². The maximum absolute atomic E-state index is 11.1. The molecule has 21 heavy (non-hydrogen) atoms. The zero-order valence-electron chi connectivity index (χ0n) is 12.3. The minimum Gasteiger partial charge on any atom is -0.493 e. The summed E-state index contributed by atoms with van der Waals surface area (Å²) in [5, 5.41) is 8.08. The standard InChI is InChI=1S/C16H19N3O2/c1-11(2)10-21-14-7-5-13(6-8-14)19-16(12-3-4-12)15(9-20)17-18-19/h5-9,11-12H,3-4,10H2,1-2H3. The summed E-state index contributed by atoms with van der Waals surface area (Å²) in [6.07, 6.45) is 2.99. The molecule has 0 spiro atoms. The Morgan fingerprint density at radius 2 is 2.05 bits per heavy atom. The highest BCUT2D eigenvalue weighted by atomic mass is 16.5. The van der Waals surface area contributed by atoms with E-state index in [9.17, 15) is 4.79 Å². The minimum absolute atomic E-state index is 0.414. The summed E-state index contributed by atoms with van der Waals surface area (Å²) < 4.78 is 7.44. The molecule has 1 fully saturated rings. The summed E-state index contributed by atoms with van der Waals surface area (Å²) in [5.74, 6) is 1.75. The second-order valence-corrected chi connectivity index (χ2v) is 5.86. The van der Waals surface area contributed by atoms with Gasteiger partial charge in [-0.05, 0) is 43.0 Å². The van der Waals surface area contributed by atoms with Gasteiger partial charge in [0.2, 0.25) is 0 Å². The highest BCUT2D eigenvalue weighted by Gasteiger charge is 2.31. The molecule has 0 unspecified atom stereocenters. The number of hydrogen-bond acceptors (Lipinski definition) is 4. The van der Waals surface area contributed by atoms with Gasteiger partial charge in [-0.3, -0.25) is 4.79 Å². The lowest BCUT2D eigenvalue weighted by Gasteiger charge is -2.10. The fourth-order valence-electron chi connectivity index (χ4n) is 2.26. The second-order valence-electron chi connectivity index (χ2n) is 5.86. The Labute approximate surface area is 123 Å². The highest BCUT2D eigenvalue weighted by molar-refractivity contribution is 5.74. The topological polar surface area (TPSA) is 57.0 Å². The van der Waals surface area contributed by atoms with Gasteiger partial charge in [0.1, 0.15) is 11.4 Å². The van der Waals surface area contributed by atoms with E-state index in [4.69, 9.17) is 4.74 Å². The Hall–Kier alpha value is -2.17. The number of nitrogens with zero attached hydrogens (tertiary/aromatic N) is 3. The van der Waals surface area contributed by atoms with E-state index in [0.717, 1.165) is 36.3 Å². The Balaban J connectivity index is 1.84. The molecule has 0 N–H and O–H groups in total. The van der Waals surface area contributed by atoms with E-state index >= 15 is 0 Å². The van der Waals surface area contributed by atoms with Crippen LogP contribution in [0.4, 0.5) is 0 Å². The van der Waals surface area contributed by atoms with Gasteiger partial charge in [0.25, 0.3) is 0 Å². The smallest absolute Gasteiger partial charge is 0.172 e. The molecular weight excluding hydrogens is 266 g/mol. The molecule has 5 nitrogen and oxygen atoms in total. The lowest BCUT2D eigenvalue weighted by atomic mass is 10.2. The molecule has 0 atom stereocenters. The lowest BCUT2D eigenvalue weighted by Crippen LogP contribution is -2.05. The first-order chi connectivity index (χ1) is 10.2. The molecule has 1 heterocycles. The summed E-state index contributed by atoms with van der Waals surface area (Å²) in [6.45, 7) is 4.94. The summed E-state index contributed by atoms with van der Waals surface area (Å²) >= 11 is 0. The number of carbonyl (C=O) groups excluding carboxylic acids is 1. The van der Waals surface area contributed by atoms with Crippen LogP contribution < -0.4 is 4.74 Å². The van der Waals surface area contributed by atoms with Gasteiger partial charge < -0.3 is 4.74 Å². The van der Waals surface area contributed by atoms with Gasteiger partial charge in [-0.2, -0.15) is 0 Å². The molecule has 1 aliphatic carbocycles. The number of ether oxygens (including phenoxy) is 1. The molecule has 1 aliphatic rings. The number of aromatic nitrogens is 3. The Bertz CT molecular complexity index is 627. The van der Waals surface area contributed by atoms with Crippen molar-refractivity contribution in [2.45, 2.75) is 32.6 Å². The Kier molecular flexibility index (Phi) is 3.73. The van der Waals surface area contributed by atoms with Gasteiger partial charge >= 0.3 is 0 Å². The van der Waals surface area contributed by atoms with Crippen LogP contribution in [0.1, 0.15) is 48.8 Å². The van der Waals surface area contributed by atoms with Gasteiger partial charge in [-0.25, -0.2) is 4.68 Å². The number of rotatable bonds is 6. The predicted molar refractivity (Wildman–Crippen MR) is 79.1 cm³/mol. The first kappa shape index (κ1) is 13.8. The van der Waals surface area contributed by atoms with E-state index in [1.807, 2.05) is 24.3 Å². The number of carbonyl (C=O) groups is 1. The van der Waals surface area contributed by atoms with E-state index in [-0.39, 0.29) is 0 Å². The predicted octanol–water partition coefficient (Wildman–Crippen LogP) is 2.99. The van der Waals surface area contributed by atoms with Crippen molar-refractivity contribution in [2.24, 2.45) is 5.92 Å². The maximum atomic E-state index is 11.1. The van der Waals surface area contributed by atoms with Crippen LogP contribution in [0.15, 0.2) is 24.3 Å². The summed E-state index contributed by atoms with van der Waals surface area (Å²) in [4.78, 5) is 11.1. The van der Waals surface area contributed by atoms with Crippen molar-refractivity contribution in [2.75, 3.05) is 6.61 Å². The van der Waals surface area contributed by atoms with Crippen molar-refractivity contribution in [3.63, 3.8) is 0 Å². The zero-order chi connectivity index (χ0) is 14.8. The van der Waals surface area contributed by atoms with Gasteiger partial charge in [0.15, 0.2) is 6.29 Å². The third-order valence-electron chi connectivity index (χ3n) is 3.47. The molecule has 2 aromatic rings. The maximum Gasteiger partial charge on any atom is 0.172 e. The van der Waals surface area contributed by atoms with Crippen LogP contribution in [0, 0.1) is 5.92 Å². The van der Waals surface area contributed by atoms with Crippen LogP contribution in [0.25, 0.3) is 5.69 Å². The number of aldehydes is 1. The fourth-order valence-corrected chi connectivity index (χ4v) is 2.26. The molecule has 0 aliphatic heterocycles. The van der Waals surface area contributed by atoms with Crippen molar-refractivity contribution in [1.82, 2.24) is 15.0 Å². The first-order valence-electron chi connectivity index (χ1n) is 7.33. The van der Waals surface area contributed by atoms with E-state index in [0.29, 0.717) is 24.1 Å². The molecule has 0 bridgehead atoms. The van der Waals surface area contributed by atoms with E-state index in [1.165, 1.54) is 0 Å². The van der Waals surface area contributed by atoms with Gasteiger partial charge in [-0.1, -0.05) is 19.1 Å². The summed E-state index contributed by atoms with van der Waals surface area (Å²) in [7, 11) is 0. The van der Waals surface area contributed by atoms with Crippen LogP contribution in [0.3, 0.4) is 0 Å². The summed E-state index contributed by atoms with van der Waals surface area (Å²) in [5.41, 5.74) is 2.30. The molecule has 110 valence electrons. The average Bonchev–Trinajstić information content (AvgIpc) is 3.24. The molecule has 1 aromatic carbocycles. The van der Waals surface area contributed by atoms with Crippen molar-refractivity contribution < 1.29 is 9.53 Å². The molecule has 3 rings (SSSR count). The van der Waals surface area contributed by atoms with Crippen molar-refractivity contribution >= 4 is 6.29 Å². The Morgan fingerprint density at radius 3 is 2.62 bits per heavy atom. The van der Waals surface area contributed by atoms with Crippen LogP contribution in [-0.4, -0.2) is 27.9 Å². The number of benzene rings is 1. The van der Waals surface area contributed by atoms with Crippen LogP contribution in [0.2, 0.25) is 0 Å². The molecule has 1 saturated carbocycles. The van der Waals surface area contributed by atoms with Gasteiger partial charge in [0, 0.05) is 5.92 Å². The average molecular weight is 285 g/mol. The molecule has 1 aromatic heterocycles. The normalized spacial score (nSPS) is 14.4. The SMILES string of the molecule is CC(C)COc1ccc(-n2nnc(C=O)c2C2CC2)cc1. The summed E-state index contributed by atoms with van der Waals surface area (Å²) in [6, 6.07) is 7.75. The zero-order valence-corrected chi connectivity index (χ0v) is 12.3. The molecular formula is C16H19N3O2. The minimum atomic E-state index is 0.414. The monoisotopic (exact) mass is 285 g/mol. The van der Waals surface area contributed by atoms with Crippen molar-refractivity contribution in [3.8, 4) is 11.4 Å². The highest BCUT2D eigenvalue weighted by Crippen LogP contribution is 2.41. The van der Waals surface area contributed by atoms with E-state index in [1.54, 1.807) is 4.68 Å². The van der Waals surface area contributed by atoms with Crippen LogP contribution in [-0.2, 0) is 0 Å². The third kappa shape index (κ3) is 2.96. The lowest BCUT2D eigenvalue weighted by molar-refractivity contribution is 0.111. The molecule has 0 amide bonds. The molecule has 0 saturated heterocycles. The van der Waals surface area contributed by atoms with Crippen molar-refractivity contribution in [3.05, 3.63) is 35.7 Å². The van der Waals surface area contributed by atoms with E-state index < -0.39 is 0 Å². The second kappa shape index (κ2) is 5.68. The Morgan fingerprint density at radius 1 is 1.33 bits per heavy atom. The van der Waals surface area contributed by atoms with Gasteiger partial charge in [-0.15, -0.1) is 5.10 Å². The molecule has 0 radical (unpaired) electrons. The van der Waals surface area contributed by atoms with Crippen LogP contribution >= 0.6 is 0 Å². The first-order valence-corrected chi connectivity index (χ1v) is 7.33. The van der Waals surface area contributed by atoms with Crippen LogP contribution in [0.5, 0.6) is 5.75 Å².